The first kappa shape index (κ1) is 34.9. The predicted octanol–water partition coefficient (Wildman–Crippen LogP) is 5.51. The third-order valence-corrected chi connectivity index (χ3v) is 6.40. The van der Waals surface area contributed by atoms with Crippen LogP contribution in [-0.4, -0.2) is 48.9 Å². The summed E-state index contributed by atoms with van der Waals surface area (Å²) in [5.74, 6) is -2.02. The van der Waals surface area contributed by atoms with Crippen molar-refractivity contribution in [1.82, 2.24) is 0 Å². The summed E-state index contributed by atoms with van der Waals surface area (Å²) >= 11 is 0. The Balaban J connectivity index is 2.93. The number of esters is 3. The number of carbonyl (C=O) groups excluding carboxylic acids is 4. The Hall–Kier alpha value is -3.14. The topological polar surface area (TPSA) is 140 Å². The minimum Gasteiger partial charge on any atom is -0.458 e. The Morgan fingerprint density at radius 1 is 0.750 bits per heavy atom. The number of carbonyl (C=O) groups is 4. The molecule has 1 rings (SSSR count). The standard InChI is InChI=1S/C30H47NO9/c1-8-11-16-36-30(35)38-22(7)21(6)37-29(34)24(31)17-23-14-15-25(39-27(32)19(4)12-9-2)26(18-23)40-28(33)20(5)13-10-3/h14-15,18-22,24H,8-13,16-17,31H2,1-7H3/t19?,20?,21-,22?,24-/m0/s1. The second-order valence-corrected chi connectivity index (χ2v) is 10.2. The van der Waals surface area contributed by atoms with E-state index in [9.17, 15) is 19.2 Å². The van der Waals surface area contributed by atoms with Gasteiger partial charge in [0.25, 0.3) is 0 Å². The number of nitrogens with two attached hydrogens (primary N) is 1. The van der Waals surface area contributed by atoms with Gasteiger partial charge in [0, 0.05) is 0 Å². The highest BCUT2D eigenvalue weighted by Gasteiger charge is 2.26. The van der Waals surface area contributed by atoms with Gasteiger partial charge < -0.3 is 29.4 Å². The monoisotopic (exact) mass is 565 g/mol. The summed E-state index contributed by atoms with van der Waals surface area (Å²) in [5.41, 5.74) is 6.69. The molecule has 0 saturated carbocycles. The molecule has 0 saturated heterocycles. The van der Waals surface area contributed by atoms with Crippen molar-refractivity contribution < 1.29 is 42.9 Å². The van der Waals surface area contributed by atoms with Crippen molar-refractivity contribution in [1.29, 1.82) is 0 Å². The lowest BCUT2D eigenvalue weighted by Crippen LogP contribution is -2.39. The molecule has 1 aromatic rings. The normalized spacial score (nSPS) is 14.7. The fraction of sp³-hybridized carbons (Fsp3) is 0.667. The van der Waals surface area contributed by atoms with Crippen LogP contribution in [0.3, 0.4) is 0 Å². The molecule has 1 aromatic carbocycles. The summed E-state index contributed by atoms with van der Waals surface area (Å²) in [6, 6.07) is 3.67. The largest absolute Gasteiger partial charge is 0.508 e. The Bertz CT molecular complexity index is 964. The summed E-state index contributed by atoms with van der Waals surface area (Å²) in [6.07, 6.45) is 2.28. The molecular weight excluding hydrogens is 518 g/mol. The zero-order chi connectivity index (χ0) is 30.2. The van der Waals surface area contributed by atoms with Gasteiger partial charge in [0.15, 0.2) is 11.5 Å². The number of hydrogen-bond acceptors (Lipinski definition) is 10. The molecule has 0 aliphatic heterocycles. The van der Waals surface area contributed by atoms with Crippen LogP contribution in [0.15, 0.2) is 18.2 Å². The van der Waals surface area contributed by atoms with Crippen LogP contribution in [0, 0.1) is 11.8 Å². The lowest BCUT2D eigenvalue weighted by Gasteiger charge is -2.22. The van der Waals surface area contributed by atoms with Crippen molar-refractivity contribution in [3.63, 3.8) is 0 Å². The molecule has 0 amide bonds. The van der Waals surface area contributed by atoms with E-state index in [0.29, 0.717) is 18.4 Å². The molecule has 40 heavy (non-hydrogen) atoms. The fourth-order valence-electron chi connectivity index (χ4n) is 3.65. The average molecular weight is 566 g/mol. The van der Waals surface area contributed by atoms with E-state index in [4.69, 9.17) is 29.4 Å². The molecule has 0 aliphatic rings. The van der Waals surface area contributed by atoms with Crippen molar-refractivity contribution in [3.05, 3.63) is 23.8 Å². The van der Waals surface area contributed by atoms with Crippen LogP contribution in [0.25, 0.3) is 0 Å². The quantitative estimate of drug-likeness (QED) is 0.146. The van der Waals surface area contributed by atoms with Gasteiger partial charge in [-0.2, -0.15) is 0 Å². The van der Waals surface area contributed by atoms with Crippen LogP contribution in [0.5, 0.6) is 11.5 Å². The molecule has 10 heteroatoms. The van der Waals surface area contributed by atoms with E-state index in [0.717, 1.165) is 25.7 Å². The van der Waals surface area contributed by atoms with Gasteiger partial charge in [0.1, 0.15) is 18.2 Å². The van der Waals surface area contributed by atoms with E-state index < -0.39 is 42.3 Å². The zero-order valence-electron chi connectivity index (χ0n) is 25.0. The van der Waals surface area contributed by atoms with Crippen molar-refractivity contribution >= 4 is 24.1 Å². The van der Waals surface area contributed by atoms with E-state index >= 15 is 0 Å². The molecule has 0 fully saturated rings. The van der Waals surface area contributed by atoms with Gasteiger partial charge in [-0.1, -0.05) is 59.9 Å². The first-order chi connectivity index (χ1) is 18.9. The number of benzene rings is 1. The molecule has 5 atom stereocenters. The lowest BCUT2D eigenvalue weighted by atomic mass is 10.0. The van der Waals surface area contributed by atoms with Gasteiger partial charge in [-0.25, -0.2) is 4.79 Å². The molecule has 2 N–H and O–H groups in total. The lowest BCUT2D eigenvalue weighted by molar-refractivity contribution is -0.155. The van der Waals surface area contributed by atoms with Crippen LogP contribution >= 0.6 is 0 Å². The number of hydrogen-bond donors (Lipinski definition) is 1. The van der Waals surface area contributed by atoms with E-state index in [-0.39, 0.29) is 36.4 Å². The second kappa shape index (κ2) is 18.3. The first-order valence-corrected chi connectivity index (χ1v) is 14.3. The van der Waals surface area contributed by atoms with Crippen LogP contribution in [-0.2, 0) is 35.0 Å². The molecule has 0 bridgehead atoms. The predicted molar refractivity (Wildman–Crippen MR) is 150 cm³/mol. The van der Waals surface area contributed by atoms with Crippen molar-refractivity contribution in [3.8, 4) is 11.5 Å². The highest BCUT2D eigenvalue weighted by molar-refractivity contribution is 5.79. The summed E-state index contributed by atoms with van der Waals surface area (Å²) in [7, 11) is 0. The van der Waals surface area contributed by atoms with Crippen LogP contribution in [0.1, 0.15) is 92.6 Å². The third-order valence-electron chi connectivity index (χ3n) is 6.40. The Kier molecular flexibility index (Phi) is 15.9. The van der Waals surface area contributed by atoms with Gasteiger partial charge in [-0.15, -0.1) is 0 Å². The van der Waals surface area contributed by atoms with Crippen molar-refractivity contribution in [2.24, 2.45) is 17.6 Å². The molecule has 10 nitrogen and oxygen atoms in total. The first-order valence-electron chi connectivity index (χ1n) is 14.3. The molecule has 0 spiro atoms. The molecular formula is C30H47NO9. The average Bonchev–Trinajstić information content (AvgIpc) is 2.90. The minimum atomic E-state index is -1.05. The molecule has 3 unspecified atom stereocenters. The van der Waals surface area contributed by atoms with E-state index in [1.165, 1.54) is 12.1 Å². The van der Waals surface area contributed by atoms with Crippen molar-refractivity contribution in [2.75, 3.05) is 6.61 Å². The Morgan fingerprint density at radius 3 is 1.85 bits per heavy atom. The van der Waals surface area contributed by atoms with Gasteiger partial charge in [0.2, 0.25) is 0 Å². The number of rotatable bonds is 17. The summed E-state index contributed by atoms with van der Waals surface area (Å²) in [5, 5.41) is 0. The Labute approximate surface area is 238 Å². The number of ether oxygens (including phenoxy) is 5. The van der Waals surface area contributed by atoms with Gasteiger partial charge in [-0.05, 0) is 57.2 Å². The van der Waals surface area contributed by atoms with E-state index in [2.05, 4.69) is 0 Å². The Morgan fingerprint density at radius 2 is 1.30 bits per heavy atom. The van der Waals surface area contributed by atoms with Gasteiger partial charge in [-0.3, -0.25) is 14.4 Å². The maximum atomic E-state index is 12.7. The summed E-state index contributed by atoms with van der Waals surface area (Å²) in [4.78, 5) is 49.6. The maximum absolute atomic E-state index is 12.7. The maximum Gasteiger partial charge on any atom is 0.508 e. The molecule has 0 heterocycles. The van der Waals surface area contributed by atoms with E-state index in [1.807, 2.05) is 20.8 Å². The highest BCUT2D eigenvalue weighted by Crippen LogP contribution is 2.31. The van der Waals surface area contributed by atoms with Crippen LogP contribution in [0.2, 0.25) is 0 Å². The fourth-order valence-corrected chi connectivity index (χ4v) is 3.65. The molecule has 0 aliphatic carbocycles. The number of unbranched alkanes of at least 4 members (excludes halogenated alkanes) is 1. The van der Waals surface area contributed by atoms with Gasteiger partial charge in [0.05, 0.1) is 18.4 Å². The highest BCUT2D eigenvalue weighted by atomic mass is 16.7. The SMILES string of the molecule is CCCCOC(=O)OC(C)[C@H](C)OC(=O)[C@@H](N)Cc1ccc(OC(=O)C(C)CCC)c(OC(=O)C(C)CCC)c1. The molecule has 0 radical (unpaired) electrons. The second-order valence-electron chi connectivity index (χ2n) is 10.2. The smallest absolute Gasteiger partial charge is 0.458 e. The molecule has 0 aromatic heterocycles. The van der Waals surface area contributed by atoms with Crippen LogP contribution in [0.4, 0.5) is 4.79 Å². The van der Waals surface area contributed by atoms with Crippen molar-refractivity contribution in [2.45, 2.75) is 112 Å². The van der Waals surface area contributed by atoms with Gasteiger partial charge >= 0.3 is 24.1 Å². The zero-order valence-corrected chi connectivity index (χ0v) is 25.0. The molecule has 226 valence electrons. The van der Waals surface area contributed by atoms with Crippen LogP contribution < -0.4 is 15.2 Å². The van der Waals surface area contributed by atoms with E-state index in [1.54, 1.807) is 33.8 Å². The third kappa shape index (κ3) is 12.4. The minimum absolute atomic E-state index is 0.0649. The summed E-state index contributed by atoms with van der Waals surface area (Å²) < 4.78 is 26.7. The summed E-state index contributed by atoms with van der Waals surface area (Å²) in [6.45, 7) is 12.9.